The van der Waals surface area contributed by atoms with Crippen LogP contribution in [0.5, 0.6) is 0 Å². The van der Waals surface area contributed by atoms with Crippen LogP contribution in [-0.4, -0.2) is 33.7 Å². The van der Waals surface area contributed by atoms with Gasteiger partial charge in [-0.05, 0) is 26.0 Å². The van der Waals surface area contributed by atoms with E-state index in [4.69, 9.17) is 0 Å². The molecule has 0 fully saturated rings. The van der Waals surface area contributed by atoms with Gasteiger partial charge in [-0.2, -0.15) is 0 Å². The van der Waals surface area contributed by atoms with Crippen LogP contribution < -0.4 is 15.1 Å². The summed E-state index contributed by atoms with van der Waals surface area (Å²) in [5.74, 6) is 0. The van der Waals surface area contributed by atoms with Gasteiger partial charge in [0.1, 0.15) is 13.1 Å². The lowest BCUT2D eigenvalue weighted by Crippen LogP contribution is -3.14. The molecule has 0 bridgehead atoms. The van der Waals surface area contributed by atoms with Gasteiger partial charge in [-0.25, -0.2) is 0 Å². The van der Waals surface area contributed by atoms with Gasteiger partial charge in [-0.15, -0.1) is 0 Å². The Morgan fingerprint density at radius 2 is 2.00 bits per heavy atom. The maximum atomic E-state index is 2.46. The molecule has 0 unspecified atom stereocenters. The lowest BCUT2D eigenvalue weighted by molar-refractivity contribution is -0.945. The Hall–Kier alpha value is -1.06. The number of nitrogens with two attached hydrogens (primary N) is 1. The number of nitrogens with zero attached hydrogens (tertiary/aromatic N) is 1. The van der Waals surface area contributed by atoms with E-state index in [1.54, 1.807) is 10.5 Å². The van der Waals surface area contributed by atoms with Crippen molar-refractivity contribution in [3.63, 3.8) is 0 Å². The van der Waals surface area contributed by atoms with Crippen molar-refractivity contribution in [2.24, 2.45) is 0 Å². The number of quaternary nitrogens is 2. The number of likely N-dealkylation sites (N-methyl/N-ethyl adjacent to an activating group) is 1. The predicted molar refractivity (Wildman–Crippen MR) is 76.1 cm³/mol. The maximum Gasteiger partial charge on any atom is 0.163 e. The van der Waals surface area contributed by atoms with Gasteiger partial charge in [0.05, 0.1) is 13.1 Å². The Morgan fingerprint density at radius 3 is 2.61 bits per heavy atom. The second-order valence-electron chi connectivity index (χ2n) is 5.42. The molecule has 1 atom stereocenters. The molecule has 0 saturated heterocycles. The molecule has 1 aromatic carbocycles. The number of hydrogen-bond donors (Lipinski definition) is 2. The lowest BCUT2D eigenvalue weighted by atomic mass is 9.94. The summed E-state index contributed by atoms with van der Waals surface area (Å²) in [5.41, 5.74) is 4.41. The van der Waals surface area contributed by atoms with Crippen LogP contribution >= 0.6 is 0 Å². The number of anilines is 1. The van der Waals surface area contributed by atoms with Gasteiger partial charge in [0.25, 0.3) is 0 Å². The summed E-state index contributed by atoms with van der Waals surface area (Å²) in [5, 5.41) is 2.46. The van der Waals surface area contributed by atoms with Gasteiger partial charge in [0.15, 0.2) is 6.04 Å². The Kier molecular flexibility index (Phi) is 4.25. The van der Waals surface area contributed by atoms with Crippen molar-refractivity contribution in [2.75, 3.05) is 38.6 Å². The Labute approximate surface area is 111 Å². The molecule has 3 N–H and O–H groups in total. The highest BCUT2D eigenvalue weighted by molar-refractivity contribution is 5.50. The molecule has 0 spiro atoms. The number of hydrogen-bond acceptors (Lipinski definition) is 1. The van der Waals surface area contributed by atoms with E-state index < -0.39 is 0 Å². The first-order chi connectivity index (χ1) is 8.67. The van der Waals surface area contributed by atoms with Crippen LogP contribution in [0.3, 0.4) is 0 Å². The van der Waals surface area contributed by atoms with E-state index in [0.717, 1.165) is 6.54 Å². The van der Waals surface area contributed by atoms with Crippen LogP contribution in [0.1, 0.15) is 31.0 Å². The molecule has 0 aliphatic carbocycles. The van der Waals surface area contributed by atoms with E-state index in [0.29, 0.717) is 6.04 Å². The van der Waals surface area contributed by atoms with E-state index >= 15 is 0 Å². The summed E-state index contributed by atoms with van der Waals surface area (Å²) >= 11 is 0. The summed E-state index contributed by atoms with van der Waals surface area (Å²) in [7, 11) is 4.22. The van der Waals surface area contributed by atoms with Gasteiger partial charge < -0.3 is 15.1 Å². The predicted octanol–water partition coefficient (Wildman–Crippen LogP) is -0.205. The Bertz CT molecular complexity index is 397. The molecule has 0 saturated carbocycles. The first kappa shape index (κ1) is 13.4. The number of nitrogens with one attached hydrogen (secondary N) is 1. The summed E-state index contributed by atoms with van der Waals surface area (Å²) in [6, 6.07) is 7.65. The third kappa shape index (κ3) is 2.52. The van der Waals surface area contributed by atoms with Crippen LogP contribution in [0.25, 0.3) is 0 Å². The van der Waals surface area contributed by atoms with E-state index in [1.165, 1.54) is 30.9 Å². The van der Waals surface area contributed by atoms with Gasteiger partial charge in [-0.3, -0.25) is 0 Å². The van der Waals surface area contributed by atoms with Crippen molar-refractivity contribution < 1.29 is 10.2 Å². The van der Waals surface area contributed by atoms with E-state index in [2.05, 4.69) is 56.4 Å². The average molecular weight is 249 g/mol. The average Bonchev–Trinajstić information content (AvgIpc) is 2.39. The standard InChI is InChI=1S/C15H25N3/c1-5-18(6-2)15-11-16-10-12-9-13(17(3)4)7-8-14(12)15/h7-9,15-16H,5-6,10-11H2,1-4H3/p+2/t15-/m1/s1. The number of benzene rings is 1. The highest BCUT2D eigenvalue weighted by Gasteiger charge is 2.29. The molecule has 18 heavy (non-hydrogen) atoms. The number of fused-ring (bicyclic) bond motifs is 1. The molecule has 1 heterocycles. The first-order valence-corrected chi connectivity index (χ1v) is 7.13. The first-order valence-electron chi connectivity index (χ1n) is 7.13. The molecule has 100 valence electrons. The summed E-state index contributed by atoms with van der Waals surface area (Å²) in [4.78, 5) is 3.89. The van der Waals surface area contributed by atoms with Gasteiger partial charge >= 0.3 is 0 Å². The van der Waals surface area contributed by atoms with Crippen LogP contribution in [-0.2, 0) is 6.54 Å². The summed E-state index contributed by atoms with van der Waals surface area (Å²) in [6.07, 6.45) is 0. The Morgan fingerprint density at radius 1 is 1.28 bits per heavy atom. The second kappa shape index (κ2) is 5.72. The summed E-state index contributed by atoms with van der Waals surface area (Å²) < 4.78 is 0. The number of rotatable bonds is 4. The van der Waals surface area contributed by atoms with Crippen molar-refractivity contribution in [2.45, 2.75) is 26.4 Å². The van der Waals surface area contributed by atoms with Crippen LogP contribution in [0, 0.1) is 0 Å². The fraction of sp³-hybridized carbons (Fsp3) is 0.600. The smallest absolute Gasteiger partial charge is 0.163 e. The minimum atomic E-state index is 0.667. The molecule has 0 aromatic heterocycles. The zero-order valence-electron chi connectivity index (χ0n) is 12.2. The molecule has 2 rings (SSSR count). The molecule has 3 nitrogen and oxygen atoms in total. The van der Waals surface area contributed by atoms with E-state index in [9.17, 15) is 0 Å². The topological polar surface area (TPSA) is 24.3 Å². The van der Waals surface area contributed by atoms with Crippen LogP contribution in [0.4, 0.5) is 5.69 Å². The molecular weight excluding hydrogens is 222 g/mol. The van der Waals surface area contributed by atoms with Crippen molar-refractivity contribution in [3.05, 3.63) is 29.3 Å². The SMILES string of the molecule is CC[NH+](CC)[C@@H]1C[NH2+]Cc2cc(N(C)C)ccc21. The fourth-order valence-electron chi connectivity index (χ4n) is 3.05. The third-order valence-electron chi connectivity index (χ3n) is 4.19. The van der Waals surface area contributed by atoms with E-state index in [1.807, 2.05) is 0 Å². The fourth-order valence-corrected chi connectivity index (χ4v) is 3.05. The van der Waals surface area contributed by atoms with Gasteiger partial charge in [-0.1, -0.05) is 6.07 Å². The third-order valence-corrected chi connectivity index (χ3v) is 4.19. The van der Waals surface area contributed by atoms with Crippen molar-refractivity contribution >= 4 is 5.69 Å². The van der Waals surface area contributed by atoms with Crippen molar-refractivity contribution in [3.8, 4) is 0 Å². The molecule has 0 radical (unpaired) electrons. The highest BCUT2D eigenvalue weighted by Crippen LogP contribution is 2.22. The Balaban J connectivity index is 2.32. The van der Waals surface area contributed by atoms with E-state index in [-0.39, 0.29) is 0 Å². The van der Waals surface area contributed by atoms with Crippen molar-refractivity contribution in [1.29, 1.82) is 0 Å². The quantitative estimate of drug-likeness (QED) is 0.758. The minimum Gasteiger partial charge on any atom is -0.378 e. The zero-order valence-corrected chi connectivity index (χ0v) is 12.2. The lowest BCUT2D eigenvalue weighted by Gasteiger charge is -2.30. The maximum absolute atomic E-state index is 2.46. The molecule has 1 aromatic rings. The van der Waals surface area contributed by atoms with Crippen LogP contribution in [0.2, 0.25) is 0 Å². The molecule has 1 aliphatic rings. The molecule has 1 aliphatic heterocycles. The highest BCUT2D eigenvalue weighted by atomic mass is 15.2. The second-order valence-corrected chi connectivity index (χ2v) is 5.42. The zero-order chi connectivity index (χ0) is 13.1. The van der Waals surface area contributed by atoms with Gasteiger partial charge in [0, 0.05) is 30.9 Å². The monoisotopic (exact) mass is 249 g/mol. The molecular formula is C15H27N3+2. The minimum absolute atomic E-state index is 0.667. The van der Waals surface area contributed by atoms with Crippen molar-refractivity contribution in [1.82, 2.24) is 0 Å². The normalized spacial score (nSPS) is 18.8. The van der Waals surface area contributed by atoms with Gasteiger partial charge in [0.2, 0.25) is 0 Å². The molecule has 3 heteroatoms. The largest absolute Gasteiger partial charge is 0.378 e. The van der Waals surface area contributed by atoms with Crippen LogP contribution in [0.15, 0.2) is 18.2 Å². The molecule has 0 amide bonds. The summed E-state index contributed by atoms with van der Waals surface area (Å²) in [6.45, 7) is 9.37.